The van der Waals surface area contributed by atoms with Crippen LogP contribution in [-0.4, -0.2) is 83.3 Å². The fourth-order valence-corrected chi connectivity index (χ4v) is 10.5. The molecule has 24 heteroatoms. The number of carbonyl (C=O) groups excluding carboxylic acids is 2. The van der Waals surface area contributed by atoms with Crippen molar-refractivity contribution in [3.63, 3.8) is 0 Å². The maximum atomic E-state index is 16.4. The number of benzene rings is 4. The van der Waals surface area contributed by atoms with E-state index in [-0.39, 0.29) is 47.9 Å². The van der Waals surface area contributed by atoms with E-state index in [0.29, 0.717) is 83.5 Å². The van der Waals surface area contributed by atoms with Gasteiger partial charge in [0.05, 0.1) is 47.5 Å². The van der Waals surface area contributed by atoms with Gasteiger partial charge in [0.1, 0.15) is 22.8 Å². The highest BCUT2D eigenvalue weighted by molar-refractivity contribution is 7.48. The second kappa shape index (κ2) is 24.8. The first-order valence-electron chi connectivity index (χ1n) is 26.2. The third-order valence-electron chi connectivity index (χ3n) is 13.0. The number of phosphoric acid groups is 1. The summed E-state index contributed by atoms with van der Waals surface area (Å²) in [6.45, 7) is 12.0. The molecule has 0 spiro atoms. The molecule has 2 saturated heterocycles. The molecule has 10 rings (SSSR count). The molecule has 0 radical (unpaired) electrons. The van der Waals surface area contributed by atoms with Crippen LogP contribution < -0.4 is 21.3 Å². The second-order valence-electron chi connectivity index (χ2n) is 20.0. The first kappa shape index (κ1) is 57.1. The number of aromatic amines is 2. The molecular formula is C56H63F2N12O9P. The highest BCUT2D eigenvalue weighted by Crippen LogP contribution is 2.56. The third kappa shape index (κ3) is 13.5. The predicted molar refractivity (Wildman–Crippen MR) is 295 cm³/mol. The number of rotatable bonds is 18. The van der Waals surface area contributed by atoms with Crippen molar-refractivity contribution in [1.29, 1.82) is 0 Å². The van der Waals surface area contributed by atoms with Gasteiger partial charge < -0.3 is 35.2 Å². The molecule has 4 aromatic heterocycles. The molecule has 80 heavy (non-hydrogen) atoms. The topological polar surface area (TPSA) is 275 Å². The molecule has 2 atom stereocenters. The number of fused-ring (bicyclic) bond motifs is 2. The number of phosphoric ester groups is 1. The highest BCUT2D eigenvalue weighted by Gasteiger charge is 2.39. The number of amides is 4. The fraction of sp³-hybridized carbons (Fsp3) is 0.357. The van der Waals surface area contributed by atoms with Crippen molar-refractivity contribution >= 4 is 53.8 Å². The van der Waals surface area contributed by atoms with Crippen LogP contribution in [0.2, 0.25) is 0 Å². The largest absolute Gasteiger partial charge is 0.476 e. The number of H-pyrrole nitrogens is 2. The molecule has 2 fully saturated rings. The summed E-state index contributed by atoms with van der Waals surface area (Å²) in [6, 6.07) is 20.9. The van der Waals surface area contributed by atoms with E-state index in [0.717, 1.165) is 24.0 Å². The number of carbonyl (C=O) groups is 2. The zero-order valence-corrected chi connectivity index (χ0v) is 46.0. The van der Waals surface area contributed by atoms with Gasteiger partial charge in [-0.1, -0.05) is 60.7 Å². The molecule has 7 N–H and O–H groups in total. The first-order valence-corrected chi connectivity index (χ1v) is 27.7. The van der Waals surface area contributed by atoms with E-state index < -0.39 is 54.9 Å². The summed E-state index contributed by atoms with van der Waals surface area (Å²) in [7, 11) is -4.17. The normalized spacial score (nSPS) is 15.7. The van der Waals surface area contributed by atoms with Gasteiger partial charge in [0.25, 0.3) is 0 Å². The third-order valence-corrected chi connectivity index (χ3v) is 14.5. The Hall–Kier alpha value is -7.63. The van der Waals surface area contributed by atoms with Crippen LogP contribution in [0.25, 0.3) is 44.3 Å². The zero-order chi connectivity index (χ0) is 56.6. The lowest BCUT2D eigenvalue weighted by Crippen LogP contribution is -2.28. The van der Waals surface area contributed by atoms with Crippen molar-refractivity contribution in [2.75, 3.05) is 36.9 Å². The van der Waals surface area contributed by atoms with Crippen molar-refractivity contribution in [3.8, 4) is 22.3 Å². The van der Waals surface area contributed by atoms with Gasteiger partial charge in [-0.05, 0) is 90.5 Å². The van der Waals surface area contributed by atoms with Gasteiger partial charge >= 0.3 is 19.9 Å². The number of nitrogens with zero attached hydrogens (tertiary/aromatic N) is 6. The van der Waals surface area contributed by atoms with Gasteiger partial charge in [0.2, 0.25) is 11.9 Å². The van der Waals surface area contributed by atoms with E-state index in [1.54, 1.807) is 53.7 Å². The summed E-state index contributed by atoms with van der Waals surface area (Å²) >= 11 is 0. The van der Waals surface area contributed by atoms with Crippen LogP contribution in [0.3, 0.4) is 0 Å². The summed E-state index contributed by atoms with van der Waals surface area (Å²) in [5.41, 5.74) is 2.88. The van der Waals surface area contributed by atoms with Crippen LogP contribution in [0.15, 0.2) is 97.6 Å². The van der Waals surface area contributed by atoms with Crippen molar-refractivity contribution in [3.05, 3.63) is 143 Å². The molecule has 8 aromatic rings. The maximum absolute atomic E-state index is 16.4. The lowest BCUT2D eigenvalue weighted by Gasteiger charge is -2.28. The van der Waals surface area contributed by atoms with E-state index in [2.05, 4.69) is 61.1 Å². The number of aromatic nitrogens is 8. The van der Waals surface area contributed by atoms with Crippen molar-refractivity contribution in [2.24, 2.45) is 0 Å². The standard InChI is InChI=1S/C35H38FN6O6P.C21H25FN6O3/c1-4-37-34(43)42-33-40-27-18-26(30(36)29(31(27)41-33)28-16-11-17-45-28)25-19-38-32(39-20-25)35(2,3)48-49(44,46-21-23-12-7-5-8-13-23)47-22-24-14-9-6-10-15-24;1-4-23-20(29)28-19-26-13-8-12(11-9-24-18(25-10-11)21(2,3)30)16(22)15(17(13)27-19)14-6-5-7-31-14/h5-10,12-15,18-20,28H,4,11,16-17,21-22H2,1-3H3,(H3,37,40,41,42,43);8-10,14,30H,4-7H2,1-3H3,(H3,23,26,27,28,29)/t28-;14-/m11/s1. The molecule has 2 aliphatic heterocycles. The molecule has 0 saturated carbocycles. The lowest BCUT2D eigenvalue weighted by molar-refractivity contribution is 0.0188. The summed E-state index contributed by atoms with van der Waals surface area (Å²) in [5, 5.41) is 20.6. The van der Waals surface area contributed by atoms with Gasteiger partial charge in [-0.2, -0.15) is 0 Å². The molecule has 21 nitrogen and oxygen atoms in total. The SMILES string of the molecule is CCNC(=O)Nc1nc2c([C@H]3CCCO3)c(F)c(-c3cnc(C(C)(C)O)nc3)cc2[nH]1.CCNC(=O)Nc1nc2c([C@H]3CCCO3)c(F)c(-c3cnc(C(C)(C)OP(=O)(OCc4ccccc4)OCc4ccccc4)nc3)cc2[nH]1. The van der Waals surface area contributed by atoms with E-state index in [4.69, 9.17) is 23.0 Å². The van der Waals surface area contributed by atoms with E-state index in [1.807, 2.05) is 60.7 Å². The van der Waals surface area contributed by atoms with Crippen molar-refractivity contribution < 1.29 is 51.1 Å². The monoisotopic (exact) mass is 1120 g/mol. The number of anilines is 2. The lowest BCUT2D eigenvalue weighted by atomic mass is 9.98. The molecule has 4 aromatic carbocycles. The Labute approximate surface area is 460 Å². The minimum Gasteiger partial charge on any atom is -0.382 e. The van der Waals surface area contributed by atoms with E-state index >= 15 is 8.78 Å². The summed E-state index contributed by atoms with van der Waals surface area (Å²) < 4.78 is 75.4. The Morgan fingerprint density at radius 2 is 1.09 bits per heavy atom. The number of ether oxygens (including phenoxy) is 2. The molecule has 0 bridgehead atoms. The number of hydrogen-bond acceptors (Lipinski definition) is 15. The second-order valence-corrected chi connectivity index (χ2v) is 21.5. The van der Waals surface area contributed by atoms with Crippen LogP contribution in [-0.2, 0) is 52.0 Å². The van der Waals surface area contributed by atoms with Crippen LogP contribution in [0, 0.1) is 11.6 Å². The van der Waals surface area contributed by atoms with Gasteiger partial charge in [0.15, 0.2) is 11.6 Å². The van der Waals surface area contributed by atoms with Crippen LogP contribution in [0.4, 0.5) is 30.3 Å². The van der Waals surface area contributed by atoms with Crippen LogP contribution in [0.5, 0.6) is 0 Å². The van der Waals surface area contributed by atoms with Gasteiger partial charge in [0, 0.05) is 84.5 Å². The Morgan fingerprint density at radius 3 is 1.46 bits per heavy atom. The quantitative estimate of drug-likeness (QED) is 0.0394. The fourth-order valence-electron chi connectivity index (χ4n) is 9.09. The summed E-state index contributed by atoms with van der Waals surface area (Å²) in [4.78, 5) is 56.4. The Balaban J connectivity index is 0.000000214. The zero-order valence-electron chi connectivity index (χ0n) is 45.1. The summed E-state index contributed by atoms with van der Waals surface area (Å²) in [5.74, 6) is -0.169. The number of hydrogen-bond donors (Lipinski definition) is 7. The summed E-state index contributed by atoms with van der Waals surface area (Å²) in [6.07, 6.45) is 7.89. The molecular weight excluding hydrogens is 1050 g/mol. The number of imidazole rings is 2. The van der Waals surface area contributed by atoms with Gasteiger partial charge in [-0.3, -0.25) is 24.2 Å². The number of halogens is 2. The smallest absolute Gasteiger partial charge is 0.382 e. The Morgan fingerprint density at radius 1 is 0.675 bits per heavy atom. The molecule has 0 aliphatic carbocycles. The van der Waals surface area contributed by atoms with E-state index in [1.165, 1.54) is 24.8 Å². The molecule has 2 aliphatic rings. The minimum atomic E-state index is -4.17. The number of urea groups is 2. The molecule has 420 valence electrons. The predicted octanol–water partition coefficient (Wildman–Crippen LogP) is 11.3. The number of nitrogens with one attached hydrogen (secondary N) is 6. The van der Waals surface area contributed by atoms with Gasteiger partial charge in [-0.25, -0.2) is 52.8 Å². The Kier molecular flexibility index (Phi) is 17.7. The minimum absolute atomic E-state index is 0.00824. The molecule has 6 heterocycles. The number of aliphatic hydroxyl groups is 1. The van der Waals surface area contributed by atoms with Crippen molar-refractivity contribution in [2.45, 2.75) is 104 Å². The highest BCUT2D eigenvalue weighted by atomic mass is 31.2. The van der Waals surface area contributed by atoms with Crippen molar-refractivity contribution in [1.82, 2.24) is 50.5 Å². The van der Waals surface area contributed by atoms with Crippen LogP contribution >= 0.6 is 7.82 Å². The first-order chi connectivity index (χ1) is 38.4. The van der Waals surface area contributed by atoms with E-state index in [9.17, 15) is 19.3 Å². The average molecular weight is 1120 g/mol. The van der Waals surface area contributed by atoms with Gasteiger partial charge in [-0.15, -0.1) is 0 Å². The maximum Gasteiger partial charge on any atom is 0.476 e. The Bertz CT molecular complexity index is 3430. The average Bonchev–Trinajstić information content (AvgIpc) is 4.30. The van der Waals surface area contributed by atoms with Crippen LogP contribution in [0.1, 0.15) is 113 Å². The molecule has 0 unspecified atom stereocenters. The molecule has 4 amide bonds.